The van der Waals surface area contributed by atoms with Crippen molar-refractivity contribution in [3.05, 3.63) is 89.1 Å². The van der Waals surface area contributed by atoms with Crippen LogP contribution in [0.5, 0.6) is 40.2 Å². The van der Waals surface area contributed by atoms with E-state index < -0.39 is 11.5 Å². The van der Waals surface area contributed by atoms with Crippen LogP contribution in [0.25, 0.3) is 44.5 Å². The molecule has 51 heavy (non-hydrogen) atoms. The van der Waals surface area contributed by atoms with E-state index in [2.05, 4.69) is 0 Å². The Morgan fingerprint density at radius 3 is 2.06 bits per heavy atom. The number of rotatable bonds is 14. The van der Waals surface area contributed by atoms with Gasteiger partial charge in [-0.3, -0.25) is 4.79 Å². The lowest BCUT2D eigenvalue weighted by molar-refractivity contribution is 0.125. The Bertz CT molecular complexity index is 2210. The van der Waals surface area contributed by atoms with E-state index in [1.807, 2.05) is 54.6 Å². The van der Waals surface area contributed by atoms with Crippen LogP contribution in [0.4, 0.5) is 0 Å². The summed E-state index contributed by atoms with van der Waals surface area (Å²) < 4.78 is 45.4. The van der Waals surface area contributed by atoms with E-state index in [-0.39, 0.29) is 40.6 Å². The molecule has 6 aromatic rings. The first-order valence-electron chi connectivity index (χ1n) is 15.8. The molecule has 2 aromatic heterocycles. The number of methoxy groups -OCH3 is 6. The zero-order valence-corrected chi connectivity index (χ0v) is 29.8. The smallest absolute Gasteiger partial charge is 0.239 e. The molecular weight excluding hydrogens is 674 g/mol. The molecule has 1 atom stereocenters. The Morgan fingerprint density at radius 1 is 0.725 bits per heavy atom. The maximum Gasteiger partial charge on any atom is 0.239 e. The minimum Gasteiger partial charge on any atom is -0.497 e. The highest BCUT2D eigenvalue weighted by Crippen LogP contribution is 2.44. The number of para-hydroxylation sites is 1. The van der Waals surface area contributed by atoms with Crippen molar-refractivity contribution in [3.8, 4) is 62.8 Å². The maximum absolute atomic E-state index is 14.2. The first-order valence-corrected chi connectivity index (χ1v) is 16.8. The van der Waals surface area contributed by atoms with Crippen LogP contribution in [-0.2, 0) is 0 Å². The average molecular weight is 712 g/mol. The molecule has 4 aromatic carbocycles. The van der Waals surface area contributed by atoms with Gasteiger partial charge in [-0.25, -0.2) is 4.98 Å². The molecule has 0 saturated heterocycles. The molecule has 0 saturated carbocycles. The van der Waals surface area contributed by atoms with Gasteiger partial charge in [-0.05, 0) is 48.5 Å². The lowest BCUT2D eigenvalue weighted by atomic mass is 10.1. The first-order chi connectivity index (χ1) is 24.8. The molecule has 0 amide bonds. The molecule has 0 spiro atoms. The van der Waals surface area contributed by atoms with Crippen molar-refractivity contribution in [1.82, 2.24) is 4.98 Å². The van der Waals surface area contributed by atoms with Crippen molar-refractivity contribution in [3.63, 3.8) is 0 Å². The van der Waals surface area contributed by atoms with Crippen molar-refractivity contribution >= 4 is 33.6 Å². The molecule has 0 fully saturated rings. The summed E-state index contributed by atoms with van der Waals surface area (Å²) in [6.45, 7) is -0.215. The SMILES string of the molecule is COc1ccc(-c2cc(SCC(O)COc3c(-c4cc(OC)c(OC)c(OC)c4)oc4cc(OC)cc(OC)c4c3=O)c3ccccc3n2)cc1. The van der Waals surface area contributed by atoms with E-state index >= 15 is 0 Å². The predicted molar refractivity (Wildman–Crippen MR) is 197 cm³/mol. The van der Waals surface area contributed by atoms with Crippen LogP contribution in [0.15, 0.2) is 93.0 Å². The summed E-state index contributed by atoms with van der Waals surface area (Å²) in [7, 11) is 9.06. The van der Waals surface area contributed by atoms with Gasteiger partial charge < -0.3 is 42.7 Å². The summed E-state index contributed by atoms with van der Waals surface area (Å²) >= 11 is 1.46. The Morgan fingerprint density at radius 2 is 1.41 bits per heavy atom. The highest BCUT2D eigenvalue weighted by Gasteiger charge is 2.25. The fraction of sp³-hybridized carbons (Fsp3) is 0.231. The van der Waals surface area contributed by atoms with Crippen LogP contribution in [0, 0.1) is 0 Å². The number of hydrogen-bond acceptors (Lipinski definition) is 12. The number of aromatic nitrogens is 1. The zero-order chi connectivity index (χ0) is 36.1. The van der Waals surface area contributed by atoms with Crippen LogP contribution in [-0.4, -0.2) is 71.2 Å². The monoisotopic (exact) mass is 711 g/mol. The molecule has 0 radical (unpaired) electrons. The number of hydrogen-bond donors (Lipinski definition) is 1. The molecule has 0 aliphatic carbocycles. The summed E-state index contributed by atoms with van der Waals surface area (Å²) in [6, 6.07) is 24.0. The second kappa shape index (κ2) is 15.5. The molecular formula is C39H37NO10S. The Kier molecular flexibility index (Phi) is 10.7. The van der Waals surface area contributed by atoms with Gasteiger partial charge in [0, 0.05) is 39.3 Å². The molecule has 6 rings (SSSR count). The van der Waals surface area contributed by atoms with Gasteiger partial charge in [0.2, 0.25) is 16.9 Å². The van der Waals surface area contributed by atoms with Gasteiger partial charge in [0.15, 0.2) is 17.3 Å². The number of nitrogens with zero attached hydrogens (tertiary/aromatic N) is 1. The molecule has 0 aliphatic rings. The lowest BCUT2D eigenvalue weighted by Crippen LogP contribution is -2.23. The molecule has 2 heterocycles. The molecule has 1 unspecified atom stereocenters. The van der Waals surface area contributed by atoms with Crippen molar-refractivity contribution in [1.29, 1.82) is 0 Å². The summed E-state index contributed by atoms with van der Waals surface area (Å²) in [5.74, 6) is 2.71. The first kappa shape index (κ1) is 35.2. The standard InChI is InChI=1S/C39H37NO10S/c1-43-25-13-11-22(12-14-25)29-19-34(27-9-7-8-10-28(27)40-29)51-21-24(41)20-49-39-36(42)35-30(45-3)17-26(44-2)18-31(35)50-37(39)23-15-32(46-4)38(48-6)33(16-23)47-5/h7-19,24,41H,20-21H2,1-6H3. The summed E-state index contributed by atoms with van der Waals surface area (Å²) in [6.07, 6.45) is -0.980. The van der Waals surface area contributed by atoms with Crippen molar-refractivity contribution in [2.24, 2.45) is 0 Å². The molecule has 264 valence electrons. The van der Waals surface area contributed by atoms with Gasteiger partial charge in [0.1, 0.15) is 34.8 Å². The third-order valence-electron chi connectivity index (χ3n) is 8.19. The number of pyridine rings is 1. The zero-order valence-electron chi connectivity index (χ0n) is 29.0. The van der Waals surface area contributed by atoms with E-state index in [0.717, 1.165) is 32.8 Å². The highest BCUT2D eigenvalue weighted by atomic mass is 32.2. The van der Waals surface area contributed by atoms with Gasteiger partial charge in [-0.15, -0.1) is 11.8 Å². The van der Waals surface area contributed by atoms with Crippen molar-refractivity contribution < 1.29 is 42.7 Å². The molecule has 0 aliphatic heterocycles. The number of aliphatic hydroxyl groups excluding tert-OH is 1. The topological polar surface area (TPSA) is 128 Å². The molecule has 12 heteroatoms. The van der Waals surface area contributed by atoms with E-state index in [9.17, 15) is 9.90 Å². The van der Waals surface area contributed by atoms with E-state index in [1.54, 1.807) is 31.4 Å². The predicted octanol–water partition coefficient (Wildman–Crippen LogP) is 7.26. The second-order valence-electron chi connectivity index (χ2n) is 11.2. The van der Waals surface area contributed by atoms with Crippen LogP contribution in [0.2, 0.25) is 0 Å². The Balaban J connectivity index is 1.34. The average Bonchev–Trinajstić information content (AvgIpc) is 3.18. The molecule has 1 N–H and O–H groups in total. The molecule has 0 bridgehead atoms. The fourth-order valence-electron chi connectivity index (χ4n) is 5.64. The van der Waals surface area contributed by atoms with E-state index in [1.165, 1.54) is 47.3 Å². The Labute approximate surface area is 298 Å². The van der Waals surface area contributed by atoms with Crippen molar-refractivity contribution in [2.75, 3.05) is 55.0 Å². The highest BCUT2D eigenvalue weighted by molar-refractivity contribution is 7.99. The number of aliphatic hydroxyl groups is 1. The van der Waals surface area contributed by atoms with Gasteiger partial charge in [-0.2, -0.15) is 0 Å². The third-order valence-corrected chi connectivity index (χ3v) is 9.39. The minimum absolute atomic E-state index is 0.0890. The van der Waals surface area contributed by atoms with Gasteiger partial charge in [0.25, 0.3) is 0 Å². The summed E-state index contributed by atoms with van der Waals surface area (Å²) in [5, 5.41) is 12.4. The number of fused-ring (bicyclic) bond motifs is 2. The van der Waals surface area contributed by atoms with E-state index in [4.69, 9.17) is 42.6 Å². The van der Waals surface area contributed by atoms with E-state index in [0.29, 0.717) is 28.6 Å². The maximum atomic E-state index is 14.2. The fourth-order valence-corrected chi connectivity index (χ4v) is 6.63. The van der Waals surface area contributed by atoms with Gasteiger partial charge >= 0.3 is 0 Å². The van der Waals surface area contributed by atoms with Crippen LogP contribution in [0.3, 0.4) is 0 Å². The van der Waals surface area contributed by atoms with Gasteiger partial charge in [0.05, 0.1) is 60.0 Å². The Hall–Kier alpha value is -5.59. The van der Waals surface area contributed by atoms with Crippen LogP contribution in [0.1, 0.15) is 0 Å². The largest absolute Gasteiger partial charge is 0.497 e. The molecule has 11 nitrogen and oxygen atoms in total. The number of benzene rings is 4. The van der Waals surface area contributed by atoms with Gasteiger partial charge in [-0.1, -0.05) is 18.2 Å². The summed E-state index contributed by atoms with van der Waals surface area (Å²) in [4.78, 5) is 20.0. The third kappa shape index (κ3) is 7.19. The summed E-state index contributed by atoms with van der Waals surface area (Å²) in [5.41, 5.74) is 2.68. The minimum atomic E-state index is -0.980. The van der Waals surface area contributed by atoms with Crippen LogP contribution >= 0.6 is 11.8 Å². The number of ether oxygens (including phenoxy) is 7. The quantitative estimate of drug-likeness (QED) is 0.114. The lowest BCUT2D eigenvalue weighted by Gasteiger charge is -2.18. The number of thioether (sulfide) groups is 1. The van der Waals surface area contributed by atoms with Crippen LogP contribution < -0.4 is 38.6 Å². The van der Waals surface area contributed by atoms with Crippen molar-refractivity contribution in [2.45, 2.75) is 11.0 Å². The second-order valence-corrected chi connectivity index (χ2v) is 12.3. The normalized spacial score (nSPS) is 11.7.